The molecule has 0 bridgehead atoms. The molecule has 0 aliphatic carbocycles. The Labute approximate surface area is 191 Å². The minimum Gasteiger partial charge on any atom is -0.351 e. The second kappa shape index (κ2) is 12.4. The van der Waals surface area contributed by atoms with E-state index in [2.05, 4.69) is 39.3 Å². The summed E-state index contributed by atoms with van der Waals surface area (Å²) in [5.41, 5.74) is 2.36. The van der Waals surface area contributed by atoms with Gasteiger partial charge in [-0.15, -0.1) is 0 Å². The van der Waals surface area contributed by atoms with Crippen LogP contribution in [0.4, 0.5) is 0 Å². The highest BCUT2D eigenvalue weighted by Crippen LogP contribution is 2.09. The van der Waals surface area contributed by atoms with Crippen molar-refractivity contribution in [1.82, 2.24) is 34.5 Å². The van der Waals surface area contributed by atoms with Crippen molar-refractivity contribution in [2.75, 3.05) is 26.2 Å². The van der Waals surface area contributed by atoms with Crippen LogP contribution in [-0.4, -0.2) is 55.9 Å². The summed E-state index contributed by atoms with van der Waals surface area (Å²) in [6, 6.07) is 3.98. The zero-order chi connectivity index (χ0) is 22.8. The van der Waals surface area contributed by atoms with Gasteiger partial charge < -0.3 is 24.5 Å². The molecule has 0 fully saturated rings. The van der Waals surface area contributed by atoms with E-state index in [-0.39, 0.29) is 5.91 Å². The molecule has 0 saturated heterocycles. The summed E-state index contributed by atoms with van der Waals surface area (Å²) in [5.74, 6) is 0.887. The maximum absolute atomic E-state index is 12.5. The summed E-state index contributed by atoms with van der Waals surface area (Å²) in [4.78, 5) is 23.8. The van der Waals surface area contributed by atoms with Crippen LogP contribution in [0.1, 0.15) is 61.4 Å². The molecule has 8 heteroatoms. The molecule has 1 amide bonds. The number of rotatable bonds is 14. The van der Waals surface area contributed by atoms with Crippen LogP contribution in [0.5, 0.6) is 0 Å². The Hall–Kier alpha value is -2.71. The van der Waals surface area contributed by atoms with E-state index in [0.717, 1.165) is 56.1 Å². The van der Waals surface area contributed by atoms with Crippen LogP contribution in [0, 0.1) is 0 Å². The number of carbonyl (C=O) groups is 1. The van der Waals surface area contributed by atoms with Crippen LogP contribution in [-0.2, 0) is 20.1 Å². The molecule has 0 unspecified atom stereocenters. The van der Waals surface area contributed by atoms with Crippen molar-refractivity contribution in [3.8, 4) is 0 Å². The van der Waals surface area contributed by atoms with Crippen LogP contribution >= 0.6 is 0 Å². The minimum atomic E-state index is -0.109. The standard InChI is InChI=1S/C24H37N7O/c1-4-12-30(13-5-2)14-7-6-10-27-24(32)21-19-31-18-20(8-9-22(31)28-21)16-25-17-23-26-11-15-29(23)3/h8-9,11,15,18-19,25H,4-7,10,12-14,16-17H2,1-3H3,(H,27,32). The zero-order valence-electron chi connectivity index (χ0n) is 19.7. The van der Waals surface area contributed by atoms with E-state index in [1.54, 1.807) is 12.4 Å². The van der Waals surface area contributed by atoms with Crippen LogP contribution in [0.2, 0.25) is 0 Å². The molecular formula is C24H37N7O. The van der Waals surface area contributed by atoms with E-state index in [4.69, 9.17) is 0 Å². The fourth-order valence-corrected chi connectivity index (χ4v) is 3.86. The Balaban J connectivity index is 1.44. The molecule has 32 heavy (non-hydrogen) atoms. The number of imidazole rings is 2. The molecule has 0 radical (unpaired) electrons. The predicted octanol–water partition coefficient (Wildman–Crippen LogP) is 2.99. The SMILES string of the molecule is CCCN(CCC)CCCCNC(=O)c1cn2cc(CNCc3nccn3C)ccc2n1. The maximum atomic E-state index is 12.5. The molecule has 174 valence electrons. The van der Waals surface area contributed by atoms with Gasteiger partial charge in [-0.05, 0) is 56.9 Å². The first-order chi connectivity index (χ1) is 15.6. The van der Waals surface area contributed by atoms with Gasteiger partial charge in [0.1, 0.15) is 17.2 Å². The molecule has 3 aromatic rings. The average Bonchev–Trinajstić information content (AvgIpc) is 3.39. The molecule has 8 nitrogen and oxygen atoms in total. The average molecular weight is 440 g/mol. The van der Waals surface area contributed by atoms with Crippen molar-refractivity contribution < 1.29 is 4.79 Å². The van der Waals surface area contributed by atoms with E-state index in [1.807, 2.05) is 40.5 Å². The summed E-state index contributed by atoms with van der Waals surface area (Å²) in [5, 5.41) is 6.42. The van der Waals surface area contributed by atoms with Gasteiger partial charge in [-0.25, -0.2) is 9.97 Å². The summed E-state index contributed by atoms with van der Waals surface area (Å²) >= 11 is 0. The zero-order valence-corrected chi connectivity index (χ0v) is 19.7. The Bertz CT molecular complexity index is 972. The Morgan fingerprint density at radius 3 is 2.59 bits per heavy atom. The molecule has 0 aliphatic rings. The number of hydrogen-bond acceptors (Lipinski definition) is 5. The maximum Gasteiger partial charge on any atom is 0.271 e. The Morgan fingerprint density at radius 2 is 1.88 bits per heavy atom. The fourth-order valence-electron chi connectivity index (χ4n) is 3.86. The largest absolute Gasteiger partial charge is 0.351 e. The molecule has 2 N–H and O–H groups in total. The number of carbonyl (C=O) groups excluding carboxylic acids is 1. The number of aromatic nitrogens is 4. The number of fused-ring (bicyclic) bond motifs is 1. The van der Waals surface area contributed by atoms with E-state index < -0.39 is 0 Å². The van der Waals surface area contributed by atoms with Crippen LogP contribution in [0.15, 0.2) is 36.9 Å². The van der Waals surface area contributed by atoms with Crippen LogP contribution in [0.3, 0.4) is 0 Å². The van der Waals surface area contributed by atoms with E-state index >= 15 is 0 Å². The molecule has 3 heterocycles. The summed E-state index contributed by atoms with van der Waals surface area (Å²) in [6.45, 7) is 9.95. The van der Waals surface area contributed by atoms with Crippen molar-refractivity contribution >= 4 is 11.6 Å². The number of nitrogens with zero attached hydrogens (tertiary/aromatic N) is 5. The van der Waals surface area contributed by atoms with Gasteiger partial charge in [0.2, 0.25) is 0 Å². The number of pyridine rings is 1. The Kier molecular flexibility index (Phi) is 9.25. The molecule has 3 aromatic heterocycles. The highest BCUT2D eigenvalue weighted by atomic mass is 16.1. The minimum absolute atomic E-state index is 0.109. The highest BCUT2D eigenvalue weighted by Gasteiger charge is 2.11. The number of hydrogen-bond donors (Lipinski definition) is 2. The monoisotopic (exact) mass is 439 g/mol. The highest BCUT2D eigenvalue weighted by molar-refractivity contribution is 5.92. The number of unbranched alkanes of at least 4 members (excludes halogenated alkanes) is 1. The lowest BCUT2D eigenvalue weighted by molar-refractivity contribution is 0.0948. The van der Waals surface area contributed by atoms with Gasteiger partial charge in [-0.1, -0.05) is 19.9 Å². The quantitative estimate of drug-likeness (QED) is 0.378. The lowest BCUT2D eigenvalue weighted by Crippen LogP contribution is -2.28. The first-order valence-corrected chi connectivity index (χ1v) is 11.8. The summed E-state index contributed by atoms with van der Waals surface area (Å²) in [6.07, 6.45) is 12.0. The molecular weight excluding hydrogens is 402 g/mol. The van der Waals surface area contributed by atoms with Gasteiger partial charge in [0.15, 0.2) is 0 Å². The van der Waals surface area contributed by atoms with Crippen molar-refractivity contribution in [3.05, 3.63) is 54.0 Å². The fraction of sp³-hybridized carbons (Fsp3) is 0.542. The molecule has 3 rings (SSSR count). The van der Waals surface area contributed by atoms with E-state index in [9.17, 15) is 4.79 Å². The number of aryl methyl sites for hydroxylation is 1. The van der Waals surface area contributed by atoms with E-state index in [1.165, 1.54) is 12.8 Å². The third-order valence-corrected chi connectivity index (χ3v) is 5.54. The van der Waals surface area contributed by atoms with E-state index in [0.29, 0.717) is 18.8 Å². The van der Waals surface area contributed by atoms with Gasteiger partial charge in [-0.3, -0.25) is 4.79 Å². The number of nitrogens with one attached hydrogen (secondary N) is 2. The molecule has 0 aliphatic heterocycles. The third-order valence-electron chi connectivity index (χ3n) is 5.54. The second-order valence-electron chi connectivity index (χ2n) is 8.29. The lowest BCUT2D eigenvalue weighted by Gasteiger charge is -2.20. The first kappa shape index (κ1) is 23.9. The van der Waals surface area contributed by atoms with Crippen LogP contribution < -0.4 is 10.6 Å². The normalized spacial score (nSPS) is 11.5. The van der Waals surface area contributed by atoms with Gasteiger partial charge in [0.25, 0.3) is 5.91 Å². The Morgan fingerprint density at radius 1 is 1.06 bits per heavy atom. The van der Waals surface area contributed by atoms with Crippen LogP contribution in [0.25, 0.3) is 5.65 Å². The predicted molar refractivity (Wildman–Crippen MR) is 128 cm³/mol. The lowest BCUT2D eigenvalue weighted by atomic mass is 10.2. The third kappa shape index (κ3) is 6.90. The van der Waals surface area contributed by atoms with Crippen molar-refractivity contribution in [2.45, 2.75) is 52.6 Å². The molecule has 0 saturated carbocycles. The summed E-state index contributed by atoms with van der Waals surface area (Å²) < 4.78 is 3.92. The first-order valence-electron chi connectivity index (χ1n) is 11.8. The van der Waals surface area contributed by atoms with Crippen molar-refractivity contribution in [3.63, 3.8) is 0 Å². The van der Waals surface area contributed by atoms with Gasteiger partial charge in [0.05, 0.1) is 6.54 Å². The topological polar surface area (TPSA) is 79.5 Å². The molecule has 0 spiro atoms. The summed E-state index contributed by atoms with van der Waals surface area (Å²) in [7, 11) is 1.99. The van der Waals surface area contributed by atoms with Crippen molar-refractivity contribution in [2.24, 2.45) is 7.05 Å². The van der Waals surface area contributed by atoms with Gasteiger partial charge in [0, 0.05) is 44.9 Å². The number of amides is 1. The smallest absolute Gasteiger partial charge is 0.271 e. The molecule has 0 aromatic carbocycles. The molecule has 0 atom stereocenters. The second-order valence-corrected chi connectivity index (χ2v) is 8.29. The van der Waals surface area contributed by atoms with Gasteiger partial charge in [-0.2, -0.15) is 0 Å². The van der Waals surface area contributed by atoms with Gasteiger partial charge >= 0.3 is 0 Å². The van der Waals surface area contributed by atoms with Crippen molar-refractivity contribution in [1.29, 1.82) is 0 Å².